The molecule has 0 aliphatic carbocycles. The highest BCUT2D eigenvalue weighted by atomic mass is 19.1. The molecule has 2 amide bonds. The molecule has 1 atom stereocenters. The molecule has 2 heterocycles. The maximum absolute atomic E-state index is 12.9. The van der Waals surface area contributed by atoms with Gasteiger partial charge in [-0.1, -0.05) is 6.42 Å². The van der Waals surface area contributed by atoms with E-state index in [2.05, 4.69) is 4.90 Å². The fourth-order valence-corrected chi connectivity index (χ4v) is 2.99. The topological polar surface area (TPSA) is 40.6 Å². The zero-order valence-corrected chi connectivity index (χ0v) is 11.2. The van der Waals surface area contributed by atoms with E-state index in [4.69, 9.17) is 0 Å². The smallest absolute Gasteiger partial charge is 0.251 e. The number of nitrogens with zero attached hydrogens (tertiary/aromatic N) is 2. The number of hydrogen-bond donors (Lipinski definition) is 0. The van der Waals surface area contributed by atoms with Crippen LogP contribution in [0.1, 0.15) is 25.7 Å². The van der Waals surface area contributed by atoms with Crippen molar-refractivity contribution in [3.05, 3.63) is 30.1 Å². The third-order valence-electron chi connectivity index (χ3n) is 4.04. The monoisotopic (exact) mass is 276 g/mol. The van der Waals surface area contributed by atoms with E-state index < -0.39 is 0 Å². The van der Waals surface area contributed by atoms with Crippen LogP contribution in [0.4, 0.5) is 10.1 Å². The average molecular weight is 276 g/mol. The number of anilines is 1. The Kier molecular flexibility index (Phi) is 3.53. The molecule has 4 nitrogen and oxygen atoms in total. The van der Waals surface area contributed by atoms with Crippen molar-refractivity contribution in [2.24, 2.45) is 0 Å². The average Bonchev–Trinajstić information content (AvgIpc) is 2.76. The predicted octanol–water partition coefficient (Wildman–Crippen LogP) is 1.94. The van der Waals surface area contributed by atoms with Crippen molar-refractivity contribution in [1.29, 1.82) is 0 Å². The molecule has 0 N–H and O–H groups in total. The quantitative estimate of drug-likeness (QED) is 0.775. The van der Waals surface area contributed by atoms with Crippen molar-refractivity contribution in [2.45, 2.75) is 31.7 Å². The molecule has 106 valence electrons. The number of imide groups is 1. The molecule has 0 spiro atoms. The molecule has 5 heteroatoms. The van der Waals surface area contributed by atoms with Crippen LogP contribution in [0.15, 0.2) is 24.3 Å². The first-order chi connectivity index (χ1) is 9.66. The van der Waals surface area contributed by atoms with Gasteiger partial charge in [0.1, 0.15) is 5.82 Å². The summed E-state index contributed by atoms with van der Waals surface area (Å²) in [4.78, 5) is 27.9. The summed E-state index contributed by atoms with van der Waals surface area (Å²) in [6, 6.07) is 5.15. The standard InChI is InChI=1S/C15H17FN2O2/c16-11-4-6-12(7-5-11)18-14(19)10-13(15(18)20)17-8-2-1-3-9-17/h4-7,13H,1-3,8-10H2/t13-/m1/s1. The van der Waals surface area contributed by atoms with Crippen molar-refractivity contribution in [3.63, 3.8) is 0 Å². The highest BCUT2D eigenvalue weighted by Crippen LogP contribution is 2.27. The van der Waals surface area contributed by atoms with Crippen molar-refractivity contribution in [1.82, 2.24) is 4.90 Å². The molecular weight excluding hydrogens is 259 g/mol. The lowest BCUT2D eigenvalue weighted by Crippen LogP contribution is -2.44. The van der Waals surface area contributed by atoms with Crippen LogP contribution >= 0.6 is 0 Å². The number of rotatable bonds is 2. The second-order valence-corrected chi connectivity index (χ2v) is 5.36. The van der Waals surface area contributed by atoms with E-state index in [0.29, 0.717) is 5.69 Å². The maximum atomic E-state index is 12.9. The van der Waals surface area contributed by atoms with Crippen LogP contribution in [-0.4, -0.2) is 35.8 Å². The van der Waals surface area contributed by atoms with Crippen LogP contribution < -0.4 is 4.90 Å². The van der Waals surface area contributed by atoms with Crippen molar-refractivity contribution >= 4 is 17.5 Å². The van der Waals surface area contributed by atoms with E-state index >= 15 is 0 Å². The highest BCUT2D eigenvalue weighted by Gasteiger charge is 2.42. The Balaban J connectivity index is 1.81. The Bertz CT molecular complexity index is 523. The molecule has 0 saturated carbocycles. The molecule has 0 radical (unpaired) electrons. The first-order valence-corrected chi connectivity index (χ1v) is 7.03. The fourth-order valence-electron chi connectivity index (χ4n) is 2.99. The van der Waals surface area contributed by atoms with Gasteiger partial charge in [-0.05, 0) is 50.2 Å². The van der Waals surface area contributed by atoms with Gasteiger partial charge >= 0.3 is 0 Å². The summed E-state index contributed by atoms with van der Waals surface area (Å²) < 4.78 is 12.9. The molecule has 2 fully saturated rings. The fraction of sp³-hybridized carbons (Fsp3) is 0.467. The third-order valence-corrected chi connectivity index (χ3v) is 4.04. The normalized spacial score (nSPS) is 24.4. The second-order valence-electron chi connectivity index (χ2n) is 5.36. The summed E-state index contributed by atoms with van der Waals surface area (Å²) in [5, 5.41) is 0. The van der Waals surface area contributed by atoms with E-state index in [1.165, 1.54) is 35.6 Å². The molecule has 20 heavy (non-hydrogen) atoms. The van der Waals surface area contributed by atoms with Crippen LogP contribution in [0, 0.1) is 5.82 Å². The zero-order valence-electron chi connectivity index (χ0n) is 11.2. The minimum absolute atomic E-state index is 0.177. The summed E-state index contributed by atoms with van der Waals surface area (Å²) in [5.41, 5.74) is 0.459. The van der Waals surface area contributed by atoms with Gasteiger partial charge in [0.05, 0.1) is 18.2 Å². The summed E-state index contributed by atoms with van der Waals surface area (Å²) in [7, 11) is 0. The Morgan fingerprint density at radius 1 is 1.00 bits per heavy atom. The largest absolute Gasteiger partial charge is 0.292 e. The minimum atomic E-state index is -0.375. The summed E-state index contributed by atoms with van der Waals surface area (Å²) in [5.74, 6) is -0.749. The summed E-state index contributed by atoms with van der Waals surface area (Å²) in [6.45, 7) is 1.75. The van der Waals surface area contributed by atoms with E-state index in [-0.39, 0.29) is 30.1 Å². The molecule has 2 saturated heterocycles. The number of benzene rings is 1. The molecular formula is C15H17FN2O2. The Morgan fingerprint density at radius 3 is 2.30 bits per heavy atom. The lowest BCUT2D eigenvalue weighted by Gasteiger charge is -2.30. The first kappa shape index (κ1) is 13.2. The van der Waals surface area contributed by atoms with Gasteiger partial charge in [-0.25, -0.2) is 9.29 Å². The van der Waals surface area contributed by atoms with Gasteiger partial charge in [0.25, 0.3) is 5.91 Å². The van der Waals surface area contributed by atoms with Crippen molar-refractivity contribution in [3.8, 4) is 0 Å². The molecule has 0 bridgehead atoms. The molecule has 2 aliphatic heterocycles. The van der Waals surface area contributed by atoms with E-state index in [1.54, 1.807) is 0 Å². The van der Waals surface area contributed by atoms with Gasteiger partial charge < -0.3 is 0 Å². The maximum Gasteiger partial charge on any atom is 0.251 e. The number of amides is 2. The van der Waals surface area contributed by atoms with Crippen LogP contribution in [0.25, 0.3) is 0 Å². The molecule has 2 aliphatic rings. The molecule has 3 rings (SSSR count). The molecule has 1 aromatic rings. The van der Waals surface area contributed by atoms with E-state index in [0.717, 1.165) is 25.9 Å². The van der Waals surface area contributed by atoms with Gasteiger partial charge in [0.15, 0.2) is 0 Å². The zero-order chi connectivity index (χ0) is 14.1. The van der Waals surface area contributed by atoms with Gasteiger partial charge in [-0.2, -0.15) is 0 Å². The summed E-state index contributed by atoms with van der Waals surface area (Å²) in [6.07, 6.45) is 3.58. The highest BCUT2D eigenvalue weighted by molar-refractivity contribution is 6.22. The van der Waals surface area contributed by atoms with Crippen LogP contribution in [-0.2, 0) is 9.59 Å². The number of hydrogen-bond acceptors (Lipinski definition) is 3. The SMILES string of the molecule is O=C1C[C@@H](N2CCCCC2)C(=O)N1c1ccc(F)cc1. The molecule has 1 aromatic carbocycles. The Labute approximate surface area is 117 Å². The molecule has 0 aromatic heterocycles. The minimum Gasteiger partial charge on any atom is -0.292 e. The van der Waals surface area contributed by atoms with E-state index in [9.17, 15) is 14.0 Å². The van der Waals surface area contributed by atoms with Gasteiger partial charge in [0, 0.05) is 0 Å². The molecule has 0 unspecified atom stereocenters. The second kappa shape index (κ2) is 5.32. The van der Waals surface area contributed by atoms with Crippen molar-refractivity contribution < 1.29 is 14.0 Å². The van der Waals surface area contributed by atoms with Gasteiger partial charge in [-0.3, -0.25) is 14.5 Å². The Morgan fingerprint density at radius 2 is 1.65 bits per heavy atom. The number of piperidine rings is 1. The van der Waals surface area contributed by atoms with Crippen molar-refractivity contribution in [2.75, 3.05) is 18.0 Å². The number of likely N-dealkylation sites (tertiary alicyclic amines) is 1. The summed E-state index contributed by atoms with van der Waals surface area (Å²) >= 11 is 0. The van der Waals surface area contributed by atoms with Crippen LogP contribution in [0.5, 0.6) is 0 Å². The van der Waals surface area contributed by atoms with Crippen LogP contribution in [0.3, 0.4) is 0 Å². The van der Waals surface area contributed by atoms with Crippen LogP contribution in [0.2, 0.25) is 0 Å². The lowest BCUT2D eigenvalue weighted by atomic mass is 10.1. The lowest BCUT2D eigenvalue weighted by molar-refractivity contribution is -0.123. The number of halogens is 1. The third kappa shape index (κ3) is 2.33. The Hall–Kier alpha value is -1.75. The number of carbonyl (C=O) groups is 2. The number of carbonyl (C=O) groups excluding carboxylic acids is 2. The first-order valence-electron chi connectivity index (χ1n) is 7.03. The van der Waals surface area contributed by atoms with Gasteiger partial charge in [0.2, 0.25) is 5.91 Å². The van der Waals surface area contributed by atoms with E-state index in [1.807, 2.05) is 0 Å². The van der Waals surface area contributed by atoms with Gasteiger partial charge in [-0.15, -0.1) is 0 Å². The predicted molar refractivity (Wildman–Crippen MR) is 72.7 cm³/mol.